The highest BCUT2D eigenvalue weighted by Gasteiger charge is 2.43. The number of carboxylic acids is 1. The highest BCUT2D eigenvalue weighted by Crippen LogP contribution is 2.35. The molecular weight excluding hydrogens is 252 g/mol. The van der Waals surface area contributed by atoms with Gasteiger partial charge in [0.1, 0.15) is 11.7 Å². The largest absolute Gasteiger partial charge is 0.480 e. The van der Waals surface area contributed by atoms with Crippen LogP contribution in [0.3, 0.4) is 0 Å². The number of carbonyl (C=O) groups excluding carboxylic acids is 1. The van der Waals surface area contributed by atoms with E-state index >= 15 is 0 Å². The van der Waals surface area contributed by atoms with Gasteiger partial charge in [-0.05, 0) is 18.1 Å². The second kappa shape index (κ2) is 5.06. The number of amides is 1. The highest BCUT2D eigenvalue weighted by atomic mass is 32.2. The van der Waals surface area contributed by atoms with Crippen molar-refractivity contribution in [2.24, 2.45) is 5.92 Å². The predicted octanol–water partition coefficient (Wildman–Crippen LogP) is 1.64. The van der Waals surface area contributed by atoms with Gasteiger partial charge in [-0.15, -0.1) is 11.8 Å². The molecule has 0 aliphatic carbocycles. The maximum Gasteiger partial charge on any atom is 0.327 e. The zero-order chi connectivity index (χ0) is 13.3. The van der Waals surface area contributed by atoms with Gasteiger partial charge in [-0.1, -0.05) is 13.8 Å². The molecule has 2 atom stereocenters. The fraction of sp³-hybridized carbons (Fsp3) is 0.500. The van der Waals surface area contributed by atoms with Crippen molar-refractivity contribution >= 4 is 23.6 Å². The third kappa shape index (κ3) is 2.25. The van der Waals surface area contributed by atoms with Gasteiger partial charge in [0.05, 0.1) is 5.37 Å². The number of thioether (sulfide) groups is 1. The molecule has 6 heteroatoms. The van der Waals surface area contributed by atoms with Gasteiger partial charge in [0.2, 0.25) is 0 Å². The summed E-state index contributed by atoms with van der Waals surface area (Å²) in [5.41, 5.74) is 0.439. The quantitative estimate of drug-likeness (QED) is 0.874. The molecule has 2 rings (SSSR count). The Labute approximate surface area is 110 Å². The van der Waals surface area contributed by atoms with E-state index in [1.165, 1.54) is 16.7 Å². The zero-order valence-corrected chi connectivity index (χ0v) is 11.1. The van der Waals surface area contributed by atoms with E-state index < -0.39 is 12.0 Å². The smallest absolute Gasteiger partial charge is 0.327 e. The summed E-state index contributed by atoms with van der Waals surface area (Å²) in [6.45, 7) is 3.99. The van der Waals surface area contributed by atoms with Crippen molar-refractivity contribution in [1.82, 2.24) is 9.88 Å². The Balaban J connectivity index is 2.29. The van der Waals surface area contributed by atoms with Gasteiger partial charge in [-0.25, -0.2) is 4.79 Å². The van der Waals surface area contributed by atoms with E-state index in [9.17, 15) is 14.7 Å². The van der Waals surface area contributed by atoms with E-state index in [0.29, 0.717) is 11.4 Å². The minimum Gasteiger partial charge on any atom is -0.480 e. The van der Waals surface area contributed by atoms with E-state index in [-0.39, 0.29) is 17.2 Å². The third-order valence-corrected chi connectivity index (χ3v) is 4.57. The Hall–Kier alpha value is -1.43. The van der Waals surface area contributed by atoms with Gasteiger partial charge >= 0.3 is 5.97 Å². The molecule has 5 nitrogen and oxygen atoms in total. The van der Waals surface area contributed by atoms with Crippen LogP contribution < -0.4 is 0 Å². The minimum absolute atomic E-state index is 0.0816. The monoisotopic (exact) mass is 268 g/mol. The Bertz CT molecular complexity index is 444. The average molecular weight is 268 g/mol. The topological polar surface area (TPSA) is 73.4 Å². The van der Waals surface area contributed by atoms with Crippen LogP contribution in [0.15, 0.2) is 18.3 Å². The Morgan fingerprint density at radius 2 is 2.28 bits per heavy atom. The molecule has 2 N–H and O–H groups in total. The Morgan fingerprint density at radius 1 is 1.56 bits per heavy atom. The van der Waals surface area contributed by atoms with Gasteiger partial charge in [0.25, 0.3) is 5.91 Å². The van der Waals surface area contributed by atoms with Crippen molar-refractivity contribution in [3.63, 3.8) is 0 Å². The van der Waals surface area contributed by atoms with Crippen LogP contribution in [-0.4, -0.2) is 44.0 Å². The van der Waals surface area contributed by atoms with Gasteiger partial charge in [-0.3, -0.25) is 4.79 Å². The first-order chi connectivity index (χ1) is 8.52. The zero-order valence-electron chi connectivity index (χ0n) is 10.3. The van der Waals surface area contributed by atoms with Gasteiger partial charge in [-0.2, -0.15) is 0 Å². The summed E-state index contributed by atoms with van der Waals surface area (Å²) in [4.78, 5) is 27.9. The summed E-state index contributed by atoms with van der Waals surface area (Å²) >= 11 is 1.53. The number of aliphatic carboxylic acids is 1. The fourth-order valence-corrected chi connectivity index (χ4v) is 3.56. The number of carboxylic acid groups (broad SMARTS) is 1. The summed E-state index contributed by atoms with van der Waals surface area (Å²) < 4.78 is 0. The molecule has 1 aromatic heterocycles. The second-order valence-corrected chi connectivity index (χ2v) is 5.77. The number of nitrogens with one attached hydrogen (secondary N) is 1. The van der Waals surface area contributed by atoms with Crippen LogP contribution in [0.2, 0.25) is 0 Å². The molecule has 0 saturated carbocycles. The SMILES string of the molecule is CC(C)C1SCC(C(=O)O)N1C(=O)c1ccc[nH]1. The molecule has 0 spiro atoms. The normalized spacial score (nSPS) is 23.6. The number of aromatic nitrogens is 1. The molecule has 1 amide bonds. The molecule has 0 aromatic carbocycles. The van der Waals surface area contributed by atoms with Crippen molar-refractivity contribution < 1.29 is 14.7 Å². The van der Waals surface area contributed by atoms with Crippen molar-refractivity contribution in [2.45, 2.75) is 25.3 Å². The van der Waals surface area contributed by atoms with E-state index in [1.807, 2.05) is 13.8 Å². The molecular formula is C12H16N2O3S. The molecule has 98 valence electrons. The van der Waals surface area contributed by atoms with Gasteiger partial charge in [0, 0.05) is 11.9 Å². The van der Waals surface area contributed by atoms with Crippen LogP contribution in [0.25, 0.3) is 0 Å². The van der Waals surface area contributed by atoms with E-state index in [4.69, 9.17) is 0 Å². The van der Waals surface area contributed by atoms with Crippen LogP contribution in [-0.2, 0) is 4.79 Å². The van der Waals surface area contributed by atoms with Crippen LogP contribution in [0.1, 0.15) is 24.3 Å². The molecule has 1 aliphatic heterocycles. The molecule has 2 heterocycles. The van der Waals surface area contributed by atoms with Crippen molar-refractivity contribution in [3.05, 3.63) is 24.0 Å². The van der Waals surface area contributed by atoms with Crippen molar-refractivity contribution in [3.8, 4) is 0 Å². The fourth-order valence-electron chi connectivity index (χ4n) is 2.09. The van der Waals surface area contributed by atoms with Crippen LogP contribution in [0.4, 0.5) is 0 Å². The molecule has 18 heavy (non-hydrogen) atoms. The molecule has 2 unspecified atom stereocenters. The number of rotatable bonds is 3. The second-order valence-electron chi connectivity index (χ2n) is 4.62. The van der Waals surface area contributed by atoms with Crippen LogP contribution in [0.5, 0.6) is 0 Å². The number of carbonyl (C=O) groups is 2. The highest BCUT2D eigenvalue weighted by molar-refractivity contribution is 8.00. The van der Waals surface area contributed by atoms with Gasteiger partial charge in [0.15, 0.2) is 0 Å². The third-order valence-electron chi connectivity index (χ3n) is 2.95. The molecule has 1 saturated heterocycles. The number of nitrogens with zero attached hydrogens (tertiary/aromatic N) is 1. The van der Waals surface area contributed by atoms with Crippen molar-refractivity contribution in [1.29, 1.82) is 0 Å². The summed E-state index contributed by atoms with van der Waals surface area (Å²) in [5.74, 6) is -0.509. The predicted molar refractivity (Wildman–Crippen MR) is 69.5 cm³/mol. The average Bonchev–Trinajstić information content (AvgIpc) is 2.97. The maximum absolute atomic E-state index is 12.4. The standard InChI is InChI=1S/C12H16N2O3S/c1-7(2)11-14(9(6-18-11)12(16)17)10(15)8-4-3-5-13-8/h3-5,7,9,11,13H,6H2,1-2H3,(H,16,17). The Kier molecular flexibility index (Phi) is 3.65. The summed E-state index contributed by atoms with van der Waals surface area (Å²) in [5, 5.41) is 9.13. The number of H-pyrrole nitrogens is 1. The molecule has 0 radical (unpaired) electrons. The lowest BCUT2D eigenvalue weighted by atomic mass is 10.1. The lowest BCUT2D eigenvalue weighted by Gasteiger charge is -2.29. The molecule has 1 fully saturated rings. The number of hydrogen-bond acceptors (Lipinski definition) is 3. The summed E-state index contributed by atoms with van der Waals surface area (Å²) in [6, 6.07) is 2.66. The van der Waals surface area contributed by atoms with Gasteiger partial charge < -0.3 is 15.0 Å². The number of aromatic amines is 1. The first kappa shape index (κ1) is 13.0. The molecule has 1 aliphatic rings. The van der Waals surface area contributed by atoms with Crippen molar-refractivity contribution in [2.75, 3.05) is 5.75 Å². The van der Waals surface area contributed by atoms with E-state index in [2.05, 4.69) is 4.98 Å². The summed E-state index contributed by atoms with van der Waals surface area (Å²) in [6.07, 6.45) is 1.66. The summed E-state index contributed by atoms with van der Waals surface area (Å²) in [7, 11) is 0. The van der Waals surface area contributed by atoms with Crippen LogP contribution in [0, 0.1) is 5.92 Å². The van der Waals surface area contributed by atoms with E-state index in [0.717, 1.165) is 0 Å². The molecule has 0 bridgehead atoms. The Morgan fingerprint density at radius 3 is 2.78 bits per heavy atom. The van der Waals surface area contributed by atoms with E-state index in [1.54, 1.807) is 18.3 Å². The minimum atomic E-state index is -0.939. The lowest BCUT2D eigenvalue weighted by molar-refractivity contribution is -0.141. The lowest BCUT2D eigenvalue weighted by Crippen LogP contribution is -2.47. The first-order valence-corrected chi connectivity index (χ1v) is 6.87. The molecule has 1 aromatic rings. The first-order valence-electron chi connectivity index (χ1n) is 5.83. The van der Waals surface area contributed by atoms with Crippen LogP contribution >= 0.6 is 11.8 Å². The number of hydrogen-bond donors (Lipinski definition) is 2. The maximum atomic E-state index is 12.4.